The van der Waals surface area contributed by atoms with Crippen LogP contribution in [0, 0.1) is 12.7 Å². The quantitative estimate of drug-likeness (QED) is 0.786. The van der Waals surface area contributed by atoms with E-state index in [4.69, 9.17) is 14.0 Å². The normalized spacial score (nSPS) is 18.4. The molecule has 5 heteroatoms. The Morgan fingerprint density at radius 1 is 1.00 bits per heavy atom. The lowest BCUT2D eigenvalue weighted by atomic mass is 9.78. The molecule has 2 aromatic carbocycles. The number of aryl methyl sites for hydroxylation is 1. The van der Waals surface area contributed by atoms with Crippen molar-refractivity contribution in [3.05, 3.63) is 59.4 Å². The number of benzene rings is 2. The molecule has 2 aromatic rings. The summed E-state index contributed by atoms with van der Waals surface area (Å²) in [6.45, 7) is 10.3. The van der Waals surface area contributed by atoms with Gasteiger partial charge >= 0.3 is 7.12 Å². The molecule has 0 radical (unpaired) electrons. The van der Waals surface area contributed by atoms with E-state index in [1.807, 2.05) is 58.9 Å². The zero-order valence-corrected chi connectivity index (χ0v) is 15.4. The molecule has 0 amide bonds. The molecule has 1 fully saturated rings. The Bertz CT molecular complexity index is 757. The Kier molecular flexibility index (Phi) is 4.65. The van der Waals surface area contributed by atoms with Crippen molar-refractivity contribution < 1.29 is 18.4 Å². The van der Waals surface area contributed by atoms with Crippen molar-refractivity contribution in [2.75, 3.05) is 0 Å². The molecule has 25 heavy (non-hydrogen) atoms. The monoisotopic (exact) mass is 342 g/mol. The summed E-state index contributed by atoms with van der Waals surface area (Å²) in [5.41, 5.74) is 1.84. The van der Waals surface area contributed by atoms with Crippen LogP contribution < -0.4 is 10.2 Å². The molecule has 0 atom stereocenters. The summed E-state index contributed by atoms with van der Waals surface area (Å²) in [5, 5.41) is 0. The molecule has 0 saturated carbocycles. The first-order chi connectivity index (χ1) is 11.7. The second-order valence-electron chi connectivity index (χ2n) is 7.49. The maximum atomic E-state index is 13.5. The third-order valence-corrected chi connectivity index (χ3v) is 5.12. The fourth-order valence-electron chi connectivity index (χ4n) is 2.73. The number of rotatable bonds is 4. The molecule has 3 rings (SSSR count). The Hall–Kier alpha value is -1.85. The SMILES string of the molecule is Cc1ccc(F)cc1COc1ccccc1B1OC(C)(C)C(C)(C)O1. The van der Waals surface area contributed by atoms with Crippen molar-refractivity contribution in [3.63, 3.8) is 0 Å². The van der Waals surface area contributed by atoms with Gasteiger partial charge in [-0.2, -0.15) is 0 Å². The maximum absolute atomic E-state index is 13.5. The highest BCUT2D eigenvalue weighted by Crippen LogP contribution is 2.37. The average molecular weight is 342 g/mol. The lowest BCUT2D eigenvalue weighted by Gasteiger charge is -2.32. The lowest BCUT2D eigenvalue weighted by Crippen LogP contribution is -2.41. The summed E-state index contributed by atoms with van der Waals surface area (Å²) >= 11 is 0. The van der Waals surface area contributed by atoms with E-state index in [2.05, 4.69) is 0 Å². The number of hydrogen-bond donors (Lipinski definition) is 0. The standard InChI is InChI=1S/C20H24BFO3/c1-14-10-11-16(22)12-15(14)13-23-18-9-7-6-8-17(18)21-24-19(2,3)20(4,5)25-21/h6-12H,13H2,1-5H3. The van der Waals surface area contributed by atoms with Crippen LogP contribution in [0.4, 0.5) is 4.39 Å². The molecular formula is C20H24BFO3. The van der Waals surface area contributed by atoms with Crippen LogP contribution in [0.15, 0.2) is 42.5 Å². The van der Waals surface area contributed by atoms with E-state index in [1.54, 1.807) is 6.07 Å². The Morgan fingerprint density at radius 3 is 2.32 bits per heavy atom. The molecule has 1 heterocycles. The molecule has 0 N–H and O–H groups in total. The van der Waals surface area contributed by atoms with E-state index in [1.165, 1.54) is 12.1 Å². The third kappa shape index (κ3) is 3.58. The second-order valence-corrected chi connectivity index (χ2v) is 7.49. The van der Waals surface area contributed by atoms with Crippen LogP contribution in [0.2, 0.25) is 0 Å². The van der Waals surface area contributed by atoms with Crippen LogP contribution in [-0.2, 0) is 15.9 Å². The van der Waals surface area contributed by atoms with Gasteiger partial charge in [-0.15, -0.1) is 0 Å². The summed E-state index contributed by atoms with van der Waals surface area (Å²) in [4.78, 5) is 0. The summed E-state index contributed by atoms with van der Waals surface area (Å²) in [6, 6.07) is 12.4. The van der Waals surface area contributed by atoms with E-state index in [0.717, 1.165) is 16.6 Å². The third-order valence-electron chi connectivity index (χ3n) is 5.12. The van der Waals surface area contributed by atoms with Crippen LogP contribution in [0.1, 0.15) is 38.8 Å². The minimum absolute atomic E-state index is 0.261. The summed E-state index contributed by atoms with van der Waals surface area (Å²) in [5.74, 6) is 0.424. The molecular weight excluding hydrogens is 318 g/mol. The second kappa shape index (κ2) is 6.47. The van der Waals surface area contributed by atoms with E-state index in [9.17, 15) is 4.39 Å². The summed E-state index contributed by atoms with van der Waals surface area (Å²) < 4.78 is 31.7. The van der Waals surface area contributed by atoms with Gasteiger partial charge in [0.1, 0.15) is 18.2 Å². The highest BCUT2D eigenvalue weighted by molar-refractivity contribution is 6.63. The predicted molar refractivity (Wildman–Crippen MR) is 97.6 cm³/mol. The fourth-order valence-corrected chi connectivity index (χ4v) is 2.73. The minimum Gasteiger partial charge on any atom is -0.489 e. The molecule has 0 aromatic heterocycles. The lowest BCUT2D eigenvalue weighted by molar-refractivity contribution is 0.00578. The molecule has 1 aliphatic heterocycles. The number of hydrogen-bond acceptors (Lipinski definition) is 3. The zero-order valence-electron chi connectivity index (χ0n) is 15.4. The van der Waals surface area contributed by atoms with Gasteiger partial charge in [0, 0.05) is 5.46 Å². The van der Waals surface area contributed by atoms with Crippen molar-refractivity contribution in [1.82, 2.24) is 0 Å². The molecule has 0 unspecified atom stereocenters. The Balaban J connectivity index is 1.82. The number of para-hydroxylation sites is 1. The first kappa shape index (κ1) is 18.0. The molecule has 0 spiro atoms. The van der Waals surface area contributed by atoms with Gasteiger partial charge in [0.25, 0.3) is 0 Å². The topological polar surface area (TPSA) is 27.7 Å². The van der Waals surface area contributed by atoms with Gasteiger partial charge in [-0.1, -0.05) is 24.3 Å². The smallest absolute Gasteiger partial charge is 0.489 e. The van der Waals surface area contributed by atoms with Crippen molar-refractivity contribution in [1.29, 1.82) is 0 Å². The fraction of sp³-hybridized carbons (Fsp3) is 0.400. The molecule has 3 nitrogen and oxygen atoms in total. The minimum atomic E-state index is -0.491. The van der Waals surface area contributed by atoms with E-state index >= 15 is 0 Å². The maximum Gasteiger partial charge on any atom is 0.498 e. The van der Waals surface area contributed by atoms with Gasteiger partial charge < -0.3 is 14.0 Å². The first-order valence-electron chi connectivity index (χ1n) is 8.52. The zero-order chi connectivity index (χ0) is 18.2. The molecule has 1 saturated heterocycles. The van der Waals surface area contributed by atoms with Crippen LogP contribution in [0.25, 0.3) is 0 Å². The van der Waals surface area contributed by atoms with Crippen molar-refractivity contribution in [2.24, 2.45) is 0 Å². The van der Waals surface area contributed by atoms with Gasteiger partial charge in [-0.3, -0.25) is 0 Å². The average Bonchev–Trinajstić information content (AvgIpc) is 2.76. The van der Waals surface area contributed by atoms with Crippen LogP contribution in [0.3, 0.4) is 0 Å². The molecule has 1 aliphatic rings. The van der Waals surface area contributed by atoms with Gasteiger partial charge in [-0.25, -0.2) is 4.39 Å². The van der Waals surface area contributed by atoms with Gasteiger partial charge in [0.05, 0.1) is 11.2 Å². The molecule has 132 valence electrons. The van der Waals surface area contributed by atoms with Gasteiger partial charge in [-0.05, 0) is 63.9 Å². The number of halogens is 1. The van der Waals surface area contributed by atoms with E-state index in [0.29, 0.717) is 12.4 Å². The van der Waals surface area contributed by atoms with Crippen LogP contribution in [0.5, 0.6) is 5.75 Å². The predicted octanol–water partition coefficient (Wildman–Crippen LogP) is 4.01. The number of ether oxygens (including phenoxy) is 1. The van der Waals surface area contributed by atoms with Crippen molar-refractivity contribution in [2.45, 2.75) is 52.4 Å². The van der Waals surface area contributed by atoms with E-state index < -0.39 is 18.3 Å². The first-order valence-corrected chi connectivity index (χ1v) is 8.52. The highest BCUT2D eigenvalue weighted by atomic mass is 19.1. The largest absolute Gasteiger partial charge is 0.498 e. The molecule has 0 bridgehead atoms. The van der Waals surface area contributed by atoms with Crippen molar-refractivity contribution >= 4 is 12.6 Å². The van der Waals surface area contributed by atoms with Gasteiger partial charge in [0.15, 0.2) is 0 Å². The highest BCUT2D eigenvalue weighted by Gasteiger charge is 2.52. The Morgan fingerprint density at radius 2 is 1.64 bits per heavy atom. The van der Waals surface area contributed by atoms with Crippen LogP contribution in [-0.4, -0.2) is 18.3 Å². The Labute approximate surface area is 149 Å². The van der Waals surface area contributed by atoms with E-state index in [-0.39, 0.29) is 5.82 Å². The summed E-state index contributed by atoms with van der Waals surface area (Å²) in [6.07, 6.45) is 0. The van der Waals surface area contributed by atoms with Crippen molar-refractivity contribution in [3.8, 4) is 5.75 Å². The van der Waals surface area contributed by atoms with Crippen LogP contribution >= 0.6 is 0 Å². The summed E-state index contributed by atoms with van der Waals surface area (Å²) in [7, 11) is -0.491. The van der Waals surface area contributed by atoms with Gasteiger partial charge in [0.2, 0.25) is 0 Å². The molecule has 0 aliphatic carbocycles.